The molecule has 0 spiro atoms. The van der Waals surface area contributed by atoms with Crippen LogP contribution in [0, 0.1) is 0 Å². The highest BCUT2D eigenvalue weighted by Gasteiger charge is 2.09. The molecule has 1 aromatic carbocycles. The van der Waals surface area contributed by atoms with E-state index in [1.165, 1.54) is 51.0 Å². The summed E-state index contributed by atoms with van der Waals surface area (Å²) in [6.07, 6.45) is 5.35. The van der Waals surface area contributed by atoms with Crippen molar-refractivity contribution in [2.75, 3.05) is 38.1 Å². The maximum absolute atomic E-state index is 9.16. The van der Waals surface area contributed by atoms with Gasteiger partial charge in [-0.15, -0.1) is 0 Å². The third-order valence-electron chi connectivity index (χ3n) is 3.95. The molecule has 0 saturated carbocycles. The van der Waals surface area contributed by atoms with E-state index in [0.717, 1.165) is 12.1 Å². The smallest absolute Gasteiger partial charge is 0.0682 e. The summed E-state index contributed by atoms with van der Waals surface area (Å²) in [6.45, 7) is 4.97. The number of likely N-dealkylation sites (tertiary alicyclic amines) is 1. The van der Waals surface area contributed by atoms with Crippen LogP contribution >= 0.6 is 0 Å². The number of aliphatic hydroxyl groups excluding tert-OH is 1. The van der Waals surface area contributed by atoms with Crippen LogP contribution in [0.5, 0.6) is 0 Å². The van der Waals surface area contributed by atoms with Crippen LogP contribution in [0.4, 0.5) is 5.69 Å². The summed E-state index contributed by atoms with van der Waals surface area (Å²) in [7, 11) is 2.13. The predicted molar refractivity (Wildman–Crippen MR) is 80.5 cm³/mol. The fourth-order valence-corrected chi connectivity index (χ4v) is 2.74. The maximum Gasteiger partial charge on any atom is 0.0682 e. The first-order valence-corrected chi connectivity index (χ1v) is 7.43. The lowest BCUT2D eigenvalue weighted by molar-refractivity contribution is 0.227. The molecule has 3 nitrogen and oxygen atoms in total. The van der Waals surface area contributed by atoms with Gasteiger partial charge < -0.3 is 14.9 Å². The van der Waals surface area contributed by atoms with Gasteiger partial charge in [-0.2, -0.15) is 0 Å². The fraction of sp³-hybridized carbons (Fsp3) is 0.625. The quantitative estimate of drug-likeness (QED) is 0.853. The van der Waals surface area contributed by atoms with Gasteiger partial charge in [0.2, 0.25) is 0 Å². The molecular formula is C16H26N2O. The molecule has 0 unspecified atom stereocenters. The second-order valence-electron chi connectivity index (χ2n) is 5.51. The Hall–Kier alpha value is -1.06. The Kier molecular flexibility index (Phi) is 5.67. The first-order valence-electron chi connectivity index (χ1n) is 7.43. The lowest BCUT2D eigenvalue weighted by Crippen LogP contribution is -2.32. The summed E-state index contributed by atoms with van der Waals surface area (Å²) < 4.78 is 0. The molecule has 1 saturated heterocycles. The molecule has 0 amide bonds. The van der Waals surface area contributed by atoms with Crippen LogP contribution in [0.1, 0.15) is 31.2 Å². The Balaban J connectivity index is 1.75. The highest BCUT2D eigenvalue weighted by atomic mass is 16.3. The Bertz CT molecular complexity index is 375. The summed E-state index contributed by atoms with van der Waals surface area (Å²) in [4.78, 5) is 4.87. The van der Waals surface area contributed by atoms with Gasteiger partial charge in [0.05, 0.1) is 6.61 Å². The molecule has 106 valence electrons. The van der Waals surface area contributed by atoms with Crippen LogP contribution in [0.15, 0.2) is 24.3 Å². The van der Waals surface area contributed by atoms with Crippen LogP contribution in [0.2, 0.25) is 0 Å². The molecule has 0 aromatic heterocycles. The van der Waals surface area contributed by atoms with Crippen LogP contribution in [-0.2, 0) is 6.61 Å². The van der Waals surface area contributed by atoms with E-state index in [1.807, 2.05) is 12.1 Å². The van der Waals surface area contributed by atoms with Crippen molar-refractivity contribution < 1.29 is 5.11 Å². The van der Waals surface area contributed by atoms with Gasteiger partial charge in [0, 0.05) is 19.3 Å². The minimum absolute atomic E-state index is 0.120. The Morgan fingerprint density at radius 2 is 2.00 bits per heavy atom. The number of anilines is 1. The Labute approximate surface area is 116 Å². The zero-order valence-electron chi connectivity index (χ0n) is 12.0. The van der Waals surface area contributed by atoms with Gasteiger partial charge in [-0.1, -0.05) is 18.6 Å². The SMILES string of the molecule is CN(CCCN1CCCCC1)c1cccc(CO)c1. The van der Waals surface area contributed by atoms with Gasteiger partial charge in [-0.05, 0) is 56.6 Å². The normalized spacial score (nSPS) is 16.5. The van der Waals surface area contributed by atoms with Gasteiger partial charge in [0.15, 0.2) is 0 Å². The topological polar surface area (TPSA) is 26.7 Å². The molecule has 0 bridgehead atoms. The molecule has 1 aromatic rings. The lowest BCUT2D eigenvalue weighted by Gasteiger charge is -2.27. The second-order valence-corrected chi connectivity index (χ2v) is 5.51. The molecule has 3 heteroatoms. The van der Waals surface area contributed by atoms with Gasteiger partial charge in [0.1, 0.15) is 0 Å². The largest absolute Gasteiger partial charge is 0.392 e. The third kappa shape index (κ3) is 4.51. The second kappa shape index (κ2) is 7.51. The molecule has 1 heterocycles. The zero-order valence-corrected chi connectivity index (χ0v) is 12.0. The monoisotopic (exact) mass is 262 g/mol. The van der Waals surface area contributed by atoms with Crippen molar-refractivity contribution >= 4 is 5.69 Å². The van der Waals surface area contributed by atoms with Gasteiger partial charge in [-0.3, -0.25) is 0 Å². The van der Waals surface area contributed by atoms with E-state index < -0.39 is 0 Å². The summed E-state index contributed by atoms with van der Waals surface area (Å²) in [6, 6.07) is 8.16. The molecule has 2 rings (SSSR count). The zero-order chi connectivity index (χ0) is 13.5. The van der Waals surface area contributed by atoms with E-state index >= 15 is 0 Å². The molecule has 1 fully saturated rings. The molecule has 1 aliphatic heterocycles. The molecule has 0 radical (unpaired) electrons. The van der Waals surface area contributed by atoms with Gasteiger partial charge in [0.25, 0.3) is 0 Å². The average Bonchev–Trinajstić information content (AvgIpc) is 2.48. The number of piperidine rings is 1. The maximum atomic E-state index is 9.16. The van der Waals surface area contributed by atoms with Crippen molar-refractivity contribution in [1.29, 1.82) is 0 Å². The molecule has 0 atom stereocenters. The summed E-state index contributed by atoms with van der Waals surface area (Å²) in [5.41, 5.74) is 2.19. The Morgan fingerprint density at radius 1 is 1.21 bits per heavy atom. The van der Waals surface area contributed by atoms with Gasteiger partial charge >= 0.3 is 0 Å². The number of benzene rings is 1. The van der Waals surface area contributed by atoms with Crippen LogP contribution in [-0.4, -0.2) is 43.2 Å². The summed E-state index contributed by atoms with van der Waals surface area (Å²) in [5, 5.41) is 9.16. The van der Waals surface area contributed by atoms with E-state index in [2.05, 4.69) is 29.0 Å². The number of rotatable bonds is 6. The molecule has 0 aliphatic carbocycles. The van der Waals surface area contributed by atoms with E-state index in [1.54, 1.807) is 0 Å². The third-order valence-corrected chi connectivity index (χ3v) is 3.95. The fourth-order valence-electron chi connectivity index (χ4n) is 2.74. The van der Waals surface area contributed by atoms with Gasteiger partial charge in [-0.25, -0.2) is 0 Å². The van der Waals surface area contributed by atoms with Crippen molar-refractivity contribution in [2.24, 2.45) is 0 Å². The number of hydrogen-bond donors (Lipinski definition) is 1. The highest BCUT2D eigenvalue weighted by Crippen LogP contribution is 2.15. The molecule has 1 aliphatic rings. The van der Waals surface area contributed by atoms with Crippen LogP contribution in [0.3, 0.4) is 0 Å². The average molecular weight is 262 g/mol. The molecular weight excluding hydrogens is 236 g/mol. The molecule has 19 heavy (non-hydrogen) atoms. The van der Waals surface area contributed by atoms with Crippen LogP contribution in [0.25, 0.3) is 0 Å². The first-order chi connectivity index (χ1) is 9.29. The van der Waals surface area contributed by atoms with E-state index in [-0.39, 0.29) is 6.61 Å². The molecule has 1 N–H and O–H groups in total. The summed E-state index contributed by atoms with van der Waals surface area (Å²) >= 11 is 0. The number of aliphatic hydroxyl groups is 1. The van der Waals surface area contributed by atoms with Crippen molar-refractivity contribution in [3.8, 4) is 0 Å². The van der Waals surface area contributed by atoms with Crippen LogP contribution < -0.4 is 4.90 Å². The highest BCUT2D eigenvalue weighted by molar-refractivity contribution is 5.47. The van der Waals surface area contributed by atoms with E-state index in [9.17, 15) is 0 Å². The Morgan fingerprint density at radius 3 is 2.74 bits per heavy atom. The van der Waals surface area contributed by atoms with Crippen molar-refractivity contribution in [3.05, 3.63) is 29.8 Å². The van der Waals surface area contributed by atoms with E-state index in [0.29, 0.717) is 0 Å². The number of hydrogen-bond acceptors (Lipinski definition) is 3. The standard InChI is InChI=1S/C16H26N2O/c1-17(16-8-5-7-15(13-16)14-19)9-6-12-18-10-3-2-4-11-18/h5,7-8,13,19H,2-4,6,9-12,14H2,1H3. The van der Waals surface area contributed by atoms with Crippen molar-refractivity contribution in [2.45, 2.75) is 32.3 Å². The lowest BCUT2D eigenvalue weighted by atomic mass is 10.1. The van der Waals surface area contributed by atoms with Crippen molar-refractivity contribution in [3.63, 3.8) is 0 Å². The van der Waals surface area contributed by atoms with Crippen molar-refractivity contribution in [1.82, 2.24) is 4.90 Å². The predicted octanol–water partition coefficient (Wildman–Crippen LogP) is 2.49. The number of nitrogens with zero attached hydrogens (tertiary/aromatic N) is 2. The summed E-state index contributed by atoms with van der Waals surface area (Å²) in [5.74, 6) is 0. The minimum Gasteiger partial charge on any atom is -0.392 e. The van der Waals surface area contributed by atoms with E-state index in [4.69, 9.17) is 5.11 Å². The first kappa shape index (κ1) is 14.4. The minimum atomic E-state index is 0.120.